The Bertz CT molecular complexity index is 601. The predicted octanol–water partition coefficient (Wildman–Crippen LogP) is 2.03. The summed E-state index contributed by atoms with van der Waals surface area (Å²) in [5.41, 5.74) is 0.734. The Morgan fingerprint density at radius 3 is 3.00 bits per heavy atom. The van der Waals surface area contributed by atoms with E-state index in [-0.39, 0.29) is 6.42 Å². The van der Waals surface area contributed by atoms with Gasteiger partial charge in [-0.1, -0.05) is 0 Å². The van der Waals surface area contributed by atoms with Crippen LogP contribution in [0.5, 0.6) is 5.88 Å². The summed E-state index contributed by atoms with van der Waals surface area (Å²) in [7, 11) is 1.54. The van der Waals surface area contributed by atoms with Gasteiger partial charge in [0.2, 0.25) is 5.88 Å². The SMILES string of the molecule is COc1ccnc(Sc2nc(C)c(CC(=O)O)s2)n1. The summed E-state index contributed by atoms with van der Waals surface area (Å²) < 4.78 is 5.74. The van der Waals surface area contributed by atoms with Crippen molar-refractivity contribution in [3.63, 3.8) is 0 Å². The molecule has 8 heteroatoms. The van der Waals surface area contributed by atoms with Gasteiger partial charge in [0.25, 0.3) is 0 Å². The molecule has 0 radical (unpaired) electrons. The Balaban J connectivity index is 2.16. The third-order valence-electron chi connectivity index (χ3n) is 2.18. The number of aliphatic carboxylic acids is 1. The first-order valence-electron chi connectivity index (χ1n) is 5.31. The van der Waals surface area contributed by atoms with Crippen LogP contribution in [0, 0.1) is 6.92 Å². The van der Waals surface area contributed by atoms with Crippen LogP contribution in [-0.2, 0) is 11.2 Å². The Morgan fingerprint density at radius 2 is 2.32 bits per heavy atom. The van der Waals surface area contributed by atoms with Crippen molar-refractivity contribution in [3.8, 4) is 5.88 Å². The number of thiazole rings is 1. The van der Waals surface area contributed by atoms with Crippen LogP contribution in [0.15, 0.2) is 21.8 Å². The first-order chi connectivity index (χ1) is 9.08. The summed E-state index contributed by atoms with van der Waals surface area (Å²) in [6.45, 7) is 1.80. The highest BCUT2D eigenvalue weighted by atomic mass is 32.2. The standard InChI is InChI=1S/C11H11N3O3S2/c1-6-7(5-9(15)16)18-11(13-6)19-10-12-4-3-8(14-10)17-2/h3-4H,5H2,1-2H3,(H,15,16). The fourth-order valence-corrected chi connectivity index (χ4v) is 3.37. The van der Waals surface area contributed by atoms with E-state index >= 15 is 0 Å². The van der Waals surface area contributed by atoms with E-state index in [9.17, 15) is 4.79 Å². The number of aromatic nitrogens is 3. The lowest BCUT2D eigenvalue weighted by Gasteiger charge is -1.99. The minimum absolute atomic E-state index is 0.0109. The molecule has 0 spiro atoms. The molecule has 0 saturated heterocycles. The molecule has 2 aromatic heterocycles. The molecular weight excluding hydrogens is 286 g/mol. The molecule has 0 aliphatic rings. The predicted molar refractivity (Wildman–Crippen MR) is 70.9 cm³/mol. The van der Waals surface area contributed by atoms with E-state index in [2.05, 4.69) is 15.0 Å². The molecule has 0 aliphatic heterocycles. The fourth-order valence-electron chi connectivity index (χ4n) is 1.31. The van der Waals surface area contributed by atoms with Crippen molar-refractivity contribution in [3.05, 3.63) is 22.8 Å². The average Bonchev–Trinajstić information content (AvgIpc) is 2.69. The number of methoxy groups -OCH3 is 1. The monoisotopic (exact) mass is 297 g/mol. The van der Waals surface area contributed by atoms with Crippen LogP contribution in [-0.4, -0.2) is 33.1 Å². The van der Waals surface area contributed by atoms with Crippen molar-refractivity contribution in [1.82, 2.24) is 15.0 Å². The molecule has 0 bridgehead atoms. The van der Waals surface area contributed by atoms with E-state index in [0.29, 0.717) is 11.0 Å². The van der Waals surface area contributed by atoms with Crippen LogP contribution in [0.2, 0.25) is 0 Å². The van der Waals surface area contributed by atoms with Crippen LogP contribution in [0.1, 0.15) is 10.6 Å². The van der Waals surface area contributed by atoms with Gasteiger partial charge >= 0.3 is 5.97 Å². The van der Waals surface area contributed by atoms with Crippen LogP contribution < -0.4 is 4.74 Å². The zero-order valence-electron chi connectivity index (χ0n) is 10.3. The Hall–Kier alpha value is -1.67. The summed E-state index contributed by atoms with van der Waals surface area (Å²) in [5, 5.41) is 9.31. The second-order valence-electron chi connectivity index (χ2n) is 3.54. The number of hydrogen-bond donors (Lipinski definition) is 1. The third-order valence-corrected chi connectivity index (χ3v) is 4.28. The van der Waals surface area contributed by atoms with Crippen LogP contribution >= 0.6 is 23.1 Å². The van der Waals surface area contributed by atoms with E-state index in [0.717, 1.165) is 14.9 Å². The number of ether oxygens (including phenoxy) is 1. The third kappa shape index (κ3) is 3.65. The summed E-state index contributed by atoms with van der Waals surface area (Å²) in [6, 6.07) is 1.66. The van der Waals surface area contributed by atoms with Crippen molar-refractivity contribution >= 4 is 29.1 Å². The molecule has 0 atom stereocenters. The topological polar surface area (TPSA) is 85.2 Å². The highest BCUT2D eigenvalue weighted by Gasteiger charge is 2.13. The Kier molecular flexibility index (Phi) is 4.33. The minimum atomic E-state index is -0.860. The number of hydrogen-bond acceptors (Lipinski definition) is 7. The molecule has 0 fully saturated rings. The molecule has 2 heterocycles. The van der Waals surface area contributed by atoms with E-state index in [1.54, 1.807) is 19.2 Å². The van der Waals surface area contributed by atoms with Gasteiger partial charge in [-0.15, -0.1) is 11.3 Å². The van der Waals surface area contributed by atoms with Gasteiger partial charge in [0.15, 0.2) is 9.50 Å². The van der Waals surface area contributed by atoms with E-state index in [1.807, 2.05) is 0 Å². The molecule has 6 nitrogen and oxygen atoms in total. The molecule has 0 saturated carbocycles. The maximum absolute atomic E-state index is 10.7. The number of carboxylic acids is 1. The molecule has 0 amide bonds. The van der Waals surface area contributed by atoms with Gasteiger partial charge in [-0.2, -0.15) is 4.98 Å². The molecule has 1 N–H and O–H groups in total. The smallest absolute Gasteiger partial charge is 0.308 e. The average molecular weight is 297 g/mol. The molecule has 2 aromatic rings. The lowest BCUT2D eigenvalue weighted by molar-refractivity contribution is -0.136. The van der Waals surface area contributed by atoms with Crippen molar-refractivity contribution < 1.29 is 14.6 Å². The molecule has 2 rings (SSSR count). The number of carbonyl (C=O) groups is 1. The van der Waals surface area contributed by atoms with Crippen LogP contribution in [0.25, 0.3) is 0 Å². The molecular formula is C11H11N3O3S2. The van der Waals surface area contributed by atoms with E-state index in [1.165, 1.54) is 30.2 Å². The van der Waals surface area contributed by atoms with E-state index < -0.39 is 5.97 Å². The highest BCUT2D eigenvalue weighted by molar-refractivity contribution is 8.00. The van der Waals surface area contributed by atoms with Gasteiger partial charge in [-0.05, 0) is 18.7 Å². The summed E-state index contributed by atoms with van der Waals surface area (Å²) in [4.78, 5) is 24.0. The highest BCUT2D eigenvalue weighted by Crippen LogP contribution is 2.31. The Labute approximate surface area is 117 Å². The summed E-state index contributed by atoms with van der Waals surface area (Å²) >= 11 is 2.64. The maximum Gasteiger partial charge on any atom is 0.308 e. The quantitative estimate of drug-likeness (QED) is 0.845. The van der Waals surface area contributed by atoms with Crippen LogP contribution in [0.4, 0.5) is 0 Å². The lowest BCUT2D eigenvalue weighted by atomic mass is 10.3. The lowest BCUT2D eigenvalue weighted by Crippen LogP contribution is -1.99. The maximum atomic E-state index is 10.7. The van der Waals surface area contributed by atoms with Gasteiger partial charge < -0.3 is 9.84 Å². The van der Waals surface area contributed by atoms with Crippen molar-refractivity contribution in [2.75, 3.05) is 7.11 Å². The minimum Gasteiger partial charge on any atom is -0.481 e. The van der Waals surface area contributed by atoms with Gasteiger partial charge in [0.05, 0.1) is 19.2 Å². The summed E-state index contributed by atoms with van der Waals surface area (Å²) in [6.07, 6.45) is 1.59. The van der Waals surface area contributed by atoms with Crippen LogP contribution in [0.3, 0.4) is 0 Å². The molecule has 100 valence electrons. The second-order valence-corrected chi connectivity index (χ2v) is 5.84. The number of aryl methyl sites for hydroxylation is 1. The van der Waals surface area contributed by atoms with Gasteiger partial charge in [-0.25, -0.2) is 9.97 Å². The normalized spacial score (nSPS) is 10.4. The zero-order valence-corrected chi connectivity index (χ0v) is 11.9. The number of rotatable bonds is 5. The van der Waals surface area contributed by atoms with Gasteiger partial charge in [-0.3, -0.25) is 4.79 Å². The zero-order chi connectivity index (χ0) is 13.8. The molecule has 19 heavy (non-hydrogen) atoms. The number of nitrogens with zero attached hydrogens (tertiary/aromatic N) is 3. The van der Waals surface area contributed by atoms with Crippen molar-refractivity contribution in [1.29, 1.82) is 0 Å². The number of carboxylic acid groups (broad SMARTS) is 1. The second kappa shape index (κ2) is 5.98. The molecule has 0 aromatic carbocycles. The van der Waals surface area contributed by atoms with E-state index in [4.69, 9.17) is 9.84 Å². The first kappa shape index (κ1) is 13.8. The van der Waals surface area contributed by atoms with Crippen molar-refractivity contribution in [2.24, 2.45) is 0 Å². The van der Waals surface area contributed by atoms with Gasteiger partial charge in [0.1, 0.15) is 0 Å². The fraction of sp³-hybridized carbons (Fsp3) is 0.273. The first-order valence-corrected chi connectivity index (χ1v) is 6.94. The Morgan fingerprint density at radius 1 is 1.53 bits per heavy atom. The molecule has 0 unspecified atom stereocenters. The van der Waals surface area contributed by atoms with Gasteiger partial charge in [0, 0.05) is 17.1 Å². The molecule has 0 aliphatic carbocycles. The van der Waals surface area contributed by atoms with Crippen molar-refractivity contribution in [2.45, 2.75) is 22.8 Å². The summed E-state index contributed by atoms with van der Waals surface area (Å²) in [5.74, 6) is -0.377. The largest absolute Gasteiger partial charge is 0.481 e.